The zero-order valence-electron chi connectivity index (χ0n) is 21.6. The normalized spacial score (nSPS) is 19.9. The minimum atomic E-state index is 0.537. The van der Waals surface area contributed by atoms with Crippen molar-refractivity contribution in [2.75, 3.05) is 25.0 Å². The van der Waals surface area contributed by atoms with Gasteiger partial charge in [-0.25, -0.2) is 0 Å². The lowest BCUT2D eigenvalue weighted by Gasteiger charge is -2.26. The van der Waals surface area contributed by atoms with Gasteiger partial charge in [0.2, 0.25) is 0 Å². The highest BCUT2D eigenvalue weighted by atomic mass is 16.1. The van der Waals surface area contributed by atoms with E-state index in [0.717, 1.165) is 38.8 Å². The number of fused-ring (bicyclic) bond motifs is 2. The molecule has 1 fully saturated rings. The smallest absolute Gasteiger partial charge is 0.159 e. The van der Waals surface area contributed by atoms with Crippen LogP contribution in [0.1, 0.15) is 74.7 Å². The lowest BCUT2D eigenvalue weighted by atomic mass is 9.95. The van der Waals surface area contributed by atoms with Crippen LogP contribution in [0.4, 0.5) is 11.5 Å². The molecule has 2 aliphatic heterocycles. The van der Waals surface area contributed by atoms with E-state index in [1.165, 1.54) is 72.1 Å². The molecule has 7 nitrogen and oxygen atoms in total. The lowest BCUT2D eigenvalue weighted by Crippen LogP contribution is -2.28. The van der Waals surface area contributed by atoms with Gasteiger partial charge < -0.3 is 14.6 Å². The van der Waals surface area contributed by atoms with Crippen molar-refractivity contribution >= 4 is 17.8 Å². The average Bonchev–Trinajstić information content (AvgIpc) is 3.64. The number of anilines is 2. The number of aromatic nitrogens is 4. The molecule has 3 aromatic rings. The fourth-order valence-electron chi connectivity index (χ4n) is 6.07. The Kier molecular flexibility index (Phi) is 6.78. The highest BCUT2D eigenvalue weighted by Gasteiger charge is 2.35. The Hall–Kier alpha value is -2.93. The van der Waals surface area contributed by atoms with Gasteiger partial charge in [-0.05, 0) is 56.5 Å². The summed E-state index contributed by atoms with van der Waals surface area (Å²) >= 11 is 0. The molecule has 0 N–H and O–H groups in total. The summed E-state index contributed by atoms with van der Waals surface area (Å²) in [4.78, 5) is 13.8. The molecule has 3 aliphatic rings. The number of rotatable bonds is 4. The first-order valence-electron chi connectivity index (χ1n) is 13.1. The maximum Gasteiger partial charge on any atom is 0.159 e. The number of hydrogen-bond donors (Lipinski definition) is 0. The molecule has 7 heteroatoms. The van der Waals surface area contributed by atoms with Crippen molar-refractivity contribution in [3.63, 3.8) is 0 Å². The van der Waals surface area contributed by atoms with E-state index in [1.54, 1.807) is 0 Å². The second-order valence-corrected chi connectivity index (χ2v) is 10.2. The van der Waals surface area contributed by atoms with Gasteiger partial charge in [0, 0.05) is 67.7 Å². The van der Waals surface area contributed by atoms with E-state index in [1.807, 2.05) is 17.9 Å². The maximum absolute atomic E-state index is 8.81. The Morgan fingerprint density at radius 2 is 1.91 bits per heavy atom. The van der Waals surface area contributed by atoms with Crippen LogP contribution in [0.25, 0.3) is 11.1 Å². The predicted molar refractivity (Wildman–Crippen MR) is 140 cm³/mol. The number of aryl methyl sites for hydroxylation is 1. The second-order valence-electron chi connectivity index (χ2n) is 10.2. The van der Waals surface area contributed by atoms with E-state index in [9.17, 15) is 0 Å². The molecule has 0 radical (unpaired) electrons. The van der Waals surface area contributed by atoms with E-state index in [0.29, 0.717) is 12.0 Å². The molecule has 0 spiro atoms. The van der Waals surface area contributed by atoms with Crippen molar-refractivity contribution in [3.05, 3.63) is 47.4 Å². The first kappa shape index (κ1) is 23.8. The van der Waals surface area contributed by atoms with Gasteiger partial charge in [-0.1, -0.05) is 25.8 Å². The number of carbonyl (C=O) groups is 1. The summed E-state index contributed by atoms with van der Waals surface area (Å²) in [6.45, 7) is 6.93. The zero-order chi connectivity index (χ0) is 24.5. The minimum absolute atomic E-state index is 0.537. The standard InChI is InChI=1S/C26H34N6.C2H4O/c1-4-18-16-31(24-10-9-19(13-22(18)24)20-14-27-30(3)15-20)26-23-17-29(2)12-11-25(23)32(28-26)21-7-5-6-8-21;1-2-3/h9-10,13-15,18,21H,4-8,11-12,16-17H2,1-3H3;2H,1H3. The molecule has 1 aliphatic carbocycles. The molecule has 0 saturated heterocycles. The van der Waals surface area contributed by atoms with Gasteiger partial charge in [0.15, 0.2) is 5.82 Å². The number of carbonyl (C=O) groups excluding carboxylic acids is 1. The van der Waals surface area contributed by atoms with Gasteiger partial charge >= 0.3 is 0 Å². The van der Waals surface area contributed by atoms with Gasteiger partial charge in [-0.2, -0.15) is 10.2 Å². The molecule has 6 rings (SSSR count). The monoisotopic (exact) mass is 474 g/mol. The SMILES string of the molecule is CC=O.CCC1CN(c2nn(C3CCCC3)c3c2CN(C)CC3)c2ccc(-c3cnn(C)c3)cc21. The van der Waals surface area contributed by atoms with Crippen LogP contribution in [0.5, 0.6) is 0 Å². The van der Waals surface area contributed by atoms with Crippen molar-refractivity contribution in [1.29, 1.82) is 0 Å². The van der Waals surface area contributed by atoms with Gasteiger partial charge in [-0.15, -0.1) is 0 Å². The summed E-state index contributed by atoms with van der Waals surface area (Å²) in [5.41, 5.74) is 8.21. The van der Waals surface area contributed by atoms with Crippen molar-refractivity contribution < 1.29 is 4.79 Å². The third kappa shape index (κ3) is 4.42. The van der Waals surface area contributed by atoms with E-state index in [4.69, 9.17) is 9.89 Å². The van der Waals surface area contributed by atoms with E-state index in [2.05, 4.69) is 57.9 Å². The number of benzene rings is 1. The van der Waals surface area contributed by atoms with Crippen LogP contribution in [0.2, 0.25) is 0 Å². The summed E-state index contributed by atoms with van der Waals surface area (Å²) in [6, 6.07) is 7.57. The number of aldehydes is 1. The molecule has 1 atom stereocenters. The maximum atomic E-state index is 8.81. The summed E-state index contributed by atoms with van der Waals surface area (Å²) in [5.74, 6) is 1.75. The van der Waals surface area contributed by atoms with E-state index >= 15 is 0 Å². The Morgan fingerprint density at radius 3 is 2.60 bits per heavy atom. The third-order valence-corrected chi connectivity index (χ3v) is 7.87. The van der Waals surface area contributed by atoms with E-state index in [-0.39, 0.29) is 0 Å². The molecule has 1 aromatic carbocycles. The van der Waals surface area contributed by atoms with Gasteiger partial charge in [-0.3, -0.25) is 9.36 Å². The predicted octanol–water partition coefficient (Wildman–Crippen LogP) is 5.24. The molecular weight excluding hydrogens is 436 g/mol. The number of nitrogens with zero attached hydrogens (tertiary/aromatic N) is 6. The summed E-state index contributed by atoms with van der Waals surface area (Å²) in [5, 5.41) is 9.72. The third-order valence-electron chi connectivity index (χ3n) is 7.87. The number of hydrogen-bond acceptors (Lipinski definition) is 5. The number of likely N-dealkylation sites (N-methyl/N-ethyl adjacent to an activating group) is 1. The lowest BCUT2D eigenvalue weighted by molar-refractivity contribution is -0.106. The molecule has 4 heterocycles. The van der Waals surface area contributed by atoms with Crippen LogP contribution in [0, 0.1) is 0 Å². The van der Waals surface area contributed by atoms with Gasteiger partial charge in [0.25, 0.3) is 0 Å². The topological polar surface area (TPSA) is 59.2 Å². The molecule has 186 valence electrons. The molecular formula is C28H38N6O. The largest absolute Gasteiger partial charge is 0.324 e. The average molecular weight is 475 g/mol. The quantitative estimate of drug-likeness (QED) is 0.484. The molecule has 0 bridgehead atoms. The summed E-state index contributed by atoms with van der Waals surface area (Å²) < 4.78 is 4.32. The molecule has 2 aromatic heterocycles. The van der Waals surface area contributed by atoms with Crippen molar-refractivity contribution in [2.45, 2.75) is 70.9 Å². The molecule has 0 amide bonds. The minimum Gasteiger partial charge on any atom is -0.324 e. The Labute approximate surface area is 208 Å². The van der Waals surface area contributed by atoms with Crippen LogP contribution in [0.15, 0.2) is 30.6 Å². The molecule has 1 unspecified atom stereocenters. The zero-order valence-corrected chi connectivity index (χ0v) is 21.6. The van der Waals surface area contributed by atoms with Crippen molar-refractivity contribution in [3.8, 4) is 11.1 Å². The Morgan fingerprint density at radius 1 is 1.14 bits per heavy atom. The van der Waals surface area contributed by atoms with E-state index < -0.39 is 0 Å². The molecule has 35 heavy (non-hydrogen) atoms. The highest BCUT2D eigenvalue weighted by molar-refractivity contribution is 5.76. The van der Waals surface area contributed by atoms with Gasteiger partial charge in [0.05, 0.1) is 12.2 Å². The molecule has 1 saturated carbocycles. The summed E-state index contributed by atoms with van der Waals surface area (Å²) in [7, 11) is 4.22. The first-order valence-corrected chi connectivity index (χ1v) is 13.1. The fourth-order valence-corrected chi connectivity index (χ4v) is 6.07. The Balaban J connectivity index is 0.000000806. The van der Waals surface area contributed by atoms with Crippen LogP contribution < -0.4 is 4.90 Å². The van der Waals surface area contributed by atoms with Crippen molar-refractivity contribution in [2.24, 2.45) is 7.05 Å². The summed E-state index contributed by atoms with van der Waals surface area (Å²) in [6.07, 6.45) is 12.3. The van der Waals surface area contributed by atoms with Crippen LogP contribution in [-0.2, 0) is 24.8 Å². The van der Waals surface area contributed by atoms with Gasteiger partial charge in [0.1, 0.15) is 6.29 Å². The Bertz CT molecular complexity index is 1190. The van der Waals surface area contributed by atoms with Crippen molar-refractivity contribution in [1.82, 2.24) is 24.5 Å². The first-order chi connectivity index (χ1) is 17.0. The van der Waals surface area contributed by atoms with Crippen LogP contribution >= 0.6 is 0 Å². The highest BCUT2D eigenvalue weighted by Crippen LogP contribution is 2.46. The second kappa shape index (κ2) is 9.97. The van der Waals surface area contributed by atoms with Crippen LogP contribution in [0.3, 0.4) is 0 Å². The van der Waals surface area contributed by atoms with Crippen LogP contribution in [-0.4, -0.2) is 50.9 Å². The fraction of sp³-hybridized carbons (Fsp3) is 0.536.